The molecule has 30 heavy (non-hydrogen) atoms. The van der Waals surface area contributed by atoms with Crippen LogP contribution >= 0.6 is 23.1 Å². The fraction of sp³-hybridized carbons (Fsp3) is 0.136. The van der Waals surface area contributed by atoms with E-state index in [1.54, 1.807) is 0 Å². The molecule has 0 unspecified atom stereocenters. The van der Waals surface area contributed by atoms with E-state index >= 15 is 0 Å². The summed E-state index contributed by atoms with van der Waals surface area (Å²) in [6.45, 7) is 2.59. The van der Waals surface area contributed by atoms with Gasteiger partial charge in [0, 0.05) is 16.8 Å². The molecule has 0 saturated heterocycles. The van der Waals surface area contributed by atoms with Crippen molar-refractivity contribution in [3.63, 3.8) is 0 Å². The van der Waals surface area contributed by atoms with Gasteiger partial charge < -0.3 is 15.4 Å². The molecule has 0 saturated carbocycles. The summed E-state index contributed by atoms with van der Waals surface area (Å²) in [7, 11) is 0. The lowest BCUT2D eigenvalue weighted by atomic mass is 10.1. The number of ether oxygens (including phenoxy) is 1. The zero-order valence-corrected chi connectivity index (χ0v) is 17.9. The molecule has 4 rings (SSSR count). The number of hydrogen-bond acceptors (Lipinski definition) is 7. The van der Waals surface area contributed by atoms with Crippen LogP contribution in [0.3, 0.4) is 0 Å². The number of thioether (sulfide) groups is 1. The highest BCUT2D eigenvalue weighted by Gasteiger charge is 2.10. The van der Waals surface area contributed by atoms with Crippen LogP contribution < -0.4 is 15.4 Å². The number of fused-ring (bicyclic) bond motifs is 1. The minimum Gasteiger partial charge on any atom is -0.494 e. The van der Waals surface area contributed by atoms with Gasteiger partial charge in [-0.15, -0.1) is 10.2 Å². The molecule has 1 amide bonds. The molecule has 0 radical (unpaired) electrons. The maximum absolute atomic E-state index is 12.4. The van der Waals surface area contributed by atoms with Crippen LogP contribution in [0.4, 0.5) is 16.5 Å². The highest BCUT2D eigenvalue weighted by molar-refractivity contribution is 8.01. The summed E-state index contributed by atoms with van der Waals surface area (Å²) < 4.78 is 6.17. The number of nitrogens with one attached hydrogen (secondary N) is 2. The number of aromatic nitrogens is 2. The Bertz CT molecular complexity index is 1140. The number of rotatable bonds is 8. The summed E-state index contributed by atoms with van der Waals surface area (Å²) in [6, 6.07) is 21.5. The minimum atomic E-state index is -0.0763. The summed E-state index contributed by atoms with van der Waals surface area (Å²) in [5.74, 6) is 1.02. The van der Waals surface area contributed by atoms with E-state index in [0.29, 0.717) is 11.7 Å². The molecule has 0 aliphatic rings. The molecule has 1 aromatic heterocycles. The van der Waals surface area contributed by atoms with Crippen LogP contribution in [0.15, 0.2) is 71.1 Å². The molecule has 0 aliphatic carbocycles. The second-order valence-corrected chi connectivity index (χ2v) is 8.52. The molecule has 0 atom stereocenters. The molecule has 2 N–H and O–H groups in total. The first kappa shape index (κ1) is 20.2. The third-order valence-electron chi connectivity index (χ3n) is 4.21. The van der Waals surface area contributed by atoms with Crippen LogP contribution in [0.1, 0.15) is 6.92 Å². The molecular formula is C22H20N4O2S2. The number of carbonyl (C=O) groups excluding carboxylic acids is 1. The largest absolute Gasteiger partial charge is 0.494 e. The molecule has 0 fully saturated rings. The molecule has 3 aromatic carbocycles. The van der Waals surface area contributed by atoms with Gasteiger partial charge in [-0.3, -0.25) is 4.79 Å². The predicted molar refractivity (Wildman–Crippen MR) is 124 cm³/mol. The van der Waals surface area contributed by atoms with Gasteiger partial charge in [-0.25, -0.2) is 0 Å². The van der Waals surface area contributed by atoms with Crippen molar-refractivity contribution in [2.45, 2.75) is 11.3 Å². The standard InChI is InChI=1S/C22H20N4O2S2/c1-2-28-17-12-10-16(11-13-17)23-21-25-26-22(30-21)29-14-20(27)24-19-9-5-7-15-6-3-4-8-18(15)19/h3-13H,2,14H2,1H3,(H,23,25)(H,24,27). The van der Waals surface area contributed by atoms with Crippen LogP contribution in [-0.2, 0) is 4.79 Å². The molecule has 4 aromatic rings. The van der Waals surface area contributed by atoms with E-state index in [-0.39, 0.29) is 11.7 Å². The minimum absolute atomic E-state index is 0.0763. The average molecular weight is 437 g/mol. The summed E-state index contributed by atoms with van der Waals surface area (Å²) in [6.07, 6.45) is 0. The summed E-state index contributed by atoms with van der Waals surface area (Å²) in [5.41, 5.74) is 1.72. The number of hydrogen-bond donors (Lipinski definition) is 2. The van der Waals surface area contributed by atoms with E-state index in [4.69, 9.17) is 4.74 Å². The lowest BCUT2D eigenvalue weighted by Crippen LogP contribution is -2.14. The van der Waals surface area contributed by atoms with Crippen LogP contribution in [0.5, 0.6) is 5.75 Å². The maximum Gasteiger partial charge on any atom is 0.234 e. The van der Waals surface area contributed by atoms with Gasteiger partial charge in [-0.05, 0) is 42.6 Å². The topological polar surface area (TPSA) is 76.1 Å². The zero-order chi connectivity index (χ0) is 20.8. The fourth-order valence-corrected chi connectivity index (χ4v) is 4.46. The van der Waals surface area contributed by atoms with Crippen molar-refractivity contribution in [2.24, 2.45) is 0 Å². The quantitative estimate of drug-likeness (QED) is 0.352. The van der Waals surface area contributed by atoms with Gasteiger partial charge >= 0.3 is 0 Å². The van der Waals surface area contributed by atoms with Gasteiger partial charge in [-0.1, -0.05) is 59.5 Å². The summed E-state index contributed by atoms with van der Waals surface area (Å²) in [4.78, 5) is 12.4. The van der Waals surface area contributed by atoms with Crippen LogP contribution in [0, 0.1) is 0 Å². The van der Waals surface area contributed by atoms with Crippen LogP contribution in [-0.4, -0.2) is 28.5 Å². The number of benzene rings is 3. The van der Waals surface area contributed by atoms with E-state index in [1.165, 1.54) is 23.1 Å². The first-order valence-electron chi connectivity index (χ1n) is 9.45. The Morgan fingerprint density at radius 1 is 1.03 bits per heavy atom. The smallest absolute Gasteiger partial charge is 0.234 e. The summed E-state index contributed by atoms with van der Waals surface area (Å²) in [5, 5.41) is 17.3. The van der Waals surface area contributed by atoms with Gasteiger partial charge in [0.2, 0.25) is 11.0 Å². The van der Waals surface area contributed by atoms with E-state index in [1.807, 2.05) is 73.7 Å². The van der Waals surface area contributed by atoms with Crippen molar-refractivity contribution in [1.82, 2.24) is 10.2 Å². The zero-order valence-electron chi connectivity index (χ0n) is 16.3. The van der Waals surface area contributed by atoms with Crippen LogP contribution in [0.25, 0.3) is 10.8 Å². The van der Waals surface area contributed by atoms with Crippen molar-refractivity contribution in [2.75, 3.05) is 23.0 Å². The molecule has 8 heteroatoms. The Morgan fingerprint density at radius 2 is 1.83 bits per heavy atom. The average Bonchev–Trinajstić information content (AvgIpc) is 3.21. The van der Waals surface area contributed by atoms with E-state index in [2.05, 4.69) is 20.8 Å². The second kappa shape index (κ2) is 9.60. The van der Waals surface area contributed by atoms with Crippen molar-refractivity contribution >= 4 is 56.3 Å². The van der Waals surface area contributed by atoms with E-state index in [9.17, 15) is 4.79 Å². The first-order chi connectivity index (χ1) is 14.7. The monoisotopic (exact) mass is 436 g/mol. The molecule has 0 bridgehead atoms. The highest BCUT2D eigenvalue weighted by atomic mass is 32.2. The lowest BCUT2D eigenvalue weighted by Gasteiger charge is -2.08. The van der Waals surface area contributed by atoms with Gasteiger partial charge in [0.1, 0.15) is 5.75 Å². The Hall–Kier alpha value is -3.10. The number of carbonyl (C=O) groups is 1. The molecule has 152 valence electrons. The Labute approximate surface area is 182 Å². The maximum atomic E-state index is 12.4. The highest BCUT2D eigenvalue weighted by Crippen LogP contribution is 2.29. The van der Waals surface area contributed by atoms with Crippen LogP contribution in [0.2, 0.25) is 0 Å². The number of anilines is 3. The van der Waals surface area contributed by atoms with Gasteiger partial charge in [0.15, 0.2) is 4.34 Å². The molecule has 0 spiro atoms. The molecular weight excluding hydrogens is 416 g/mol. The predicted octanol–water partition coefficient (Wildman–Crippen LogP) is 5.56. The molecule has 1 heterocycles. The number of nitrogens with zero attached hydrogens (tertiary/aromatic N) is 2. The van der Waals surface area contributed by atoms with Crippen molar-refractivity contribution < 1.29 is 9.53 Å². The van der Waals surface area contributed by atoms with E-state index in [0.717, 1.165) is 32.2 Å². The summed E-state index contributed by atoms with van der Waals surface area (Å²) >= 11 is 2.78. The Kier molecular flexibility index (Phi) is 6.46. The van der Waals surface area contributed by atoms with Gasteiger partial charge in [0.25, 0.3) is 0 Å². The molecule has 0 aliphatic heterocycles. The third kappa shape index (κ3) is 5.08. The molecule has 6 nitrogen and oxygen atoms in total. The number of amides is 1. The first-order valence-corrected chi connectivity index (χ1v) is 11.3. The van der Waals surface area contributed by atoms with Crippen molar-refractivity contribution in [3.8, 4) is 5.75 Å². The second-order valence-electron chi connectivity index (χ2n) is 6.32. The fourth-order valence-electron chi connectivity index (χ4n) is 2.89. The lowest BCUT2D eigenvalue weighted by molar-refractivity contribution is -0.113. The van der Waals surface area contributed by atoms with E-state index < -0.39 is 0 Å². The van der Waals surface area contributed by atoms with Gasteiger partial charge in [-0.2, -0.15) is 0 Å². The van der Waals surface area contributed by atoms with Crippen molar-refractivity contribution in [3.05, 3.63) is 66.7 Å². The Balaban J connectivity index is 1.32. The normalized spacial score (nSPS) is 10.7. The Morgan fingerprint density at radius 3 is 2.67 bits per heavy atom. The third-order valence-corrected chi connectivity index (χ3v) is 6.19. The van der Waals surface area contributed by atoms with Gasteiger partial charge in [0.05, 0.1) is 12.4 Å². The SMILES string of the molecule is CCOc1ccc(Nc2nnc(SCC(=O)Nc3cccc4ccccc34)s2)cc1. The van der Waals surface area contributed by atoms with Crippen molar-refractivity contribution in [1.29, 1.82) is 0 Å².